The van der Waals surface area contributed by atoms with Gasteiger partial charge in [-0.2, -0.15) is 0 Å². The molecule has 2 heterocycles. The molecule has 3 aromatic rings. The second-order valence-electron chi connectivity index (χ2n) is 7.16. The van der Waals surface area contributed by atoms with E-state index in [9.17, 15) is 9.59 Å². The van der Waals surface area contributed by atoms with Gasteiger partial charge >= 0.3 is 5.97 Å². The van der Waals surface area contributed by atoms with Crippen LogP contribution in [0, 0.1) is 0 Å². The van der Waals surface area contributed by atoms with Gasteiger partial charge in [0.05, 0.1) is 24.8 Å². The summed E-state index contributed by atoms with van der Waals surface area (Å²) in [6.07, 6.45) is 1.79. The Morgan fingerprint density at radius 2 is 1.88 bits per heavy atom. The maximum atomic E-state index is 12.7. The van der Waals surface area contributed by atoms with Gasteiger partial charge in [0.1, 0.15) is 12.4 Å². The molecule has 1 aliphatic rings. The van der Waals surface area contributed by atoms with Gasteiger partial charge in [-0.25, -0.2) is 9.79 Å². The second-order valence-corrected chi connectivity index (χ2v) is 8.17. The molecule has 0 aliphatic carbocycles. The minimum absolute atomic E-state index is 0.103. The standard InChI is InChI=1S/C25H22N2O6S/c1-27-23(28)22(34-25(27)26-17-7-5-4-6-8-17)14-16-9-11-19(21(13-16)30-2)32-15-18-10-12-20(33-18)24(29)31-3/h4-14H,15H2,1-3H3/b22-14+,26-25?. The largest absolute Gasteiger partial charge is 0.493 e. The van der Waals surface area contributed by atoms with E-state index in [1.165, 1.54) is 36.9 Å². The lowest BCUT2D eigenvalue weighted by Gasteiger charge is -2.10. The van der Waals surface area contributed by atoms with E-state index in [-0.39, 0.29) is 18.3 Å². The monoisotopic (exact) mass is 478 g/mol. The maximum Gasteiger partial charge on any atom is 0.373 e. The molecule has 9 heteroatoms. The van der Waals surface area contributed by atoms with Gasteiger partial charge in [-0.1, -0.05) is 24.3 Å². The first-order valence-corrected chi connectivity index (χ1v) is 11.1. The van der Waals surface area contributed by atoms with Gasteiger partial charge in [0.2, 0.25) is 5.76 Å². The zero-order chi connectivity index (χ0) is 24.1. The lowest BCUT2D eigenvalue weighted by atomic mass is 10.2. The molecule has 1 aliphatic heterocycles. The highest BCUT2D eigenvalue weighted by atomic mass is 32.2. The van der Waals surface area contributed by atoms with Crippen LogP contribution in [-0.4, -0.2) is 43.2 Å². The number of methoxy groups -OCH3 is 2. The van der Waals surface area contributed by atoms with E-state index < -0.39 is 5.97 Å². The van der Waals surface area contributed by atoms with Crippen LogP contribution >= 0.6 is 11.8 Å². The van der Waals surface area contributed by atoms with Crippen molar-refractivity contribution in [1.29, 1.82) is 0 Å². The zero-order valence-corrected chi connectivity index (χ0v) is 19.6. The molecule has 0 N–H and O–H groups in total. The third-order valence-electron chi connectivity index (χ3n) is 4.89. The number of carbonyl (C=O) groups is 2. The number of esters is 1. The number of hydrogen-bond donors (Lipinski definition) is 0. The Kier molecular flexibility index (Phi) is 7.03. The Hall–Kier alpha value is -3.98. The molecule has 1 fully saturated rings. The number of furan rings is 1. The molecule has 1 saturated heterocycles. The van der Waals surface area contributed by atoms with Crippen molar-refractivity contribution >= 4 is 40.6 Å². The number of thioether (sulfide) groups is 1. The van der Waals surface area contributed by atoms with Crippen LogP contribution in [0.5, 0.6) is 11.5 Å². The summed E-state index contributed by atoms with van der Waals surface area (Å²) in [6, 6.07) is 18.0. The van der Waals surface area contributed by atoms with Crippen molar-refractivity contribution in [3.63, 3.8) is 0 Å². The normalized spacial score (nSPS) is 15.7. The van der Waals surface area contributed by atoms with E-state index >= 15 is 0 Å². The Balaban J connectivity index is 1.49. The minimum atomic E-state index is -0.553. The molecule has 0 spiro atoms. The number of para-hydroxylation sites is 1. The summed E-state index contributed by atoms with van der Waals surface area (Å²) in [5.41, 5.74) is 1.56. The molecule has 0 radical (unpaired) electrons. The topological polar surface area (TPSA) is 90.6 Å². The van der Waals surface area contributed by atoms with Gasteiger partial charge in [0, 0.05) is 7.05 Å². The summed E-state index contributed by atoms with van der Waals surface area (Å²) in [5, 5.41) is 0.610. The summed E-state index contributed by atoms with van der Waals surface area (Å²) >= 11 is 1.31. The van der Waals surface area contributed by atoms with Gasteiger partial charge in [0.25, 0.3) is 5.91 Å². The number of benzene rings is 2. The van der Waals surface area contributed by atoms with E-state index in [1.54, 1.807) is 31.3 Å². The van der Waals surface area contributed by atoms with Crippen LogP contribution in [0.2, 0.25) is 0 Å². The predicted molar refractivity (Wildman–Crippen MR) is 129 cm³/mol. The molecule has 4 rings (SSSR count). The molecule has 8 nitrogen and oxygen atoms in total. The number of aliphatic imine (C=N–C) groups is 1. The van der Waals surface area contributed by atoms with Crippen LogP contribution in [-0.2, 0) is 16.1 Å². The fourth-order valence-corrected chi connectivity index (χ4v) is 4.11. The highest BCUT2D eigenvalue weighted by molar-refractivity contribution is 8.18. The van der Waals surface area contributed by atoms with Crippen molar-refractivity contribution in [3.8, 4) is 11.5 Å². The molecular formula is C25H22N2O6S. The van der Waals surface area contributed by atoms with Gasteiger partial charge in [-0.3, -0.25) is 9.69 Å². The number of likely N-dealkylation sites (N-methyl/N-ethyl adjacent to an activating group) is 1. The number of rotatable bonds is 7. The predicted octanol–water partition coefficient (Wildman–Crippen LogP) is 4.89. The Morgan fingerprint density at radius 3 is 2.62 bits per heavy atom. The number of hydrogen-bond acceptors (Lipinski definition) is 8. The van der Waals surface area contributed by atoms with Crippen molar-refractivity contribution in [2.45, 2.75) is 6.61 Å². The van der Waals surface area contributed by atoms with E-state index in [0.717, 1.165) is 11.3 Å². The average molecular weight is 479 g/mol. The first kappa shape index (κ1) is 23.2. The van der Waals surface area contributed by atoms with Gasteiger partial charge < -0.3 is 18.6 Å². The quantitative estimate of drug-likeness (QED) is 0.353. The summed E-state index contributed by atoms with van der Waals surface area (Å²) in [7, 11) is 4.53. The highest BCUT2D eigenvalue weighted by Gasteiger charge is 2.30. The summed E-state index contributed by atoms with van der Waals surface area (Å²) in [4.78, 5) is 30.9. The number of ether oxygens (including phenoxy) is 3. The van der Waals surface area contributed by atoms with Crippen molar-refractivity contribution in [2.24, 2.45) is 4.99 Å². The second kappa shape index (κ2) is 10.3. The van der Waals surface area contributed by atoms with Crippen LogP contribution in [0.25, 0.3) is 6.08 Å². The SMILES string of the molecule is COC(=O)c1ccc(COc2ccc(/C=C3/SC(=Nc4ccccc4)N(C)C3=O)cc2OC)o1. The van der Waals surface area contributed by atoms with E-state index in [2.05, 4.69) is 9.73 Å². The first-order chi connectivity index (χ1) is 16.5. The van der Waals surface area contributed by atoms with E-state index in [0.29, 0.717) is 27.3 Å². The molecule has 1 aromatic heterocycles. The van der Waals surface area contributed by atoms with E-state index in [1.807, 2.05) is 36.4 Å². The van der Waals surface area contributed by atoms with Crippen LogP contribution in [0.3, 0.4) is 0 Å². The Labute approximate surface area is 200 Å². The molecule has 0 saturated carbocycles. The van der Waals surface area contributed by atoms with Crippen molar-refractivity contribution in [1.82, 2.24) is 4.90 Å². The number of amides is 1. The molecule has 34 heavy (non-hydrogen) atoms. The third kappa shape index (κ3) is 5.15. The van der Waals surface area contributed by atoms with Crippen molar-refractivity contribution in [2.75, 3.05) is 21.3 Å². The fourth-order valence-electron chi connectivity index (χ4n) is 3.12. The summed E-state index contributed by atoms with van der Waals surface area (Å²) in [5.74, 6) is 0.885. The molecule has 2 aromatic carbocycles. The molecule has 174 valence electrons. The molecular weight excluding hydrogens is 456 g/mol. The van der Waals surface area contributed by atoms with Crippen LogP contribution in [0.4, 0.5) is 5.69 Å². The Morgan fingerprint density at radius 1 is 1.09 bits per heavy atom. The summed E-state index contributed by atoms with van der Waals surface area (Å²) < 4.78 is 21.3. The zero-order valence-electron chi connectivity index (χ0n) is 18.8. The fraction of sp³-hybridized carbons (Fsp3) is 0.160. The maximum absolute atomic E-state index is 12.7. The highest BCUT2D eigenvalue weighted by Crippen LogP contribution is 2.35. The van der Waals surface area contributed by atoms with Crippen LogP contribution < -0.4 is 9.47 Å². The van der Waals surface area contributed by atoms with Crippen LogP contribution in [0.1, 0.15) is 21.9 Å². The van der Waals surface area contributed by atoms with Crippen molar-refractivity contribution in [3.05, 3.63) is 82.7 Å². The molecule has 0 bridgehead atoms. The van der Waals surface area contributed by atoms with E-state index in [4.69, 9.17) is 13.9 Å². The summed E-state index contributed by atoms with van der Waals surface area (Å²) in [6.45, 7) is 0.103. The number of amidine groups is 1. The molecule has 0 unspecified atom stereocenters. The lowest BCUT2D eigenvalue weighted by Crippen LogP contribution is -2.23. The lowest BCUT2D eigenvalue weighted by molar-refractivity contribution is -0.121. The van der Waals surface area contributed by atoms with Gasteiger partial charge in [-0.05, 0) is 59.8 Å². The third-order valence-corrected chi connectivity index (χ3v) is 5.95. The minimum Gasteiger partial charge on any atom is -0.493 e. The van der Waals surface area contributed by atoms with Gasteiger partial charge in [-0.15, -0.1) is 0 Å². The number of nitrogens with zero attached hydrogens (tertiary/aromatic N) is 2. The molecule has 0 atom stereocenters. The number of carbonyl (C=O) groups excluding carboxylic acids is 2. The average Bonchev–Trinajstić information content (AvgIpc) is 3.44. The van der Waals surface area contributed by atoms with Crippen molar-refractivity contribution < 1.29 is 28.2 Å². The van der Waals surface area contributed by atoms with Crippen LogP contribution in [0.15, 0.2) is 75.0 Å². The Bertz CT molecular complexity index is 1270. The first-order valence-electron chi connectivity index (χ1n) is 10.3. The molecule has 1 amide bonds. The van der Waals surface area contributed by atoms with Gasteiger partial charge in [0.15, 0.2) is 16.7 Å². The smallest absolute Gasteiger partial charge is 0.373 e.